The zero-order chi connectivity index (χ0) is 14.8. The molecular weight excluding hydrogens is 268 g/mol. The summed E-state index contributed by atoms with van der Waals surface area (Å²) in [6.07, 6.45) is 7.57. The highest BCUT2D eigenvalue weighted by Gasteiger charge is 2.23. The minimum absolute atomic E-state index is 0.0620. The second kappa shape index (κ2) is 5.59. The molecule has 1 aliphatic heterocycles. The third kappa shape index (κ3) is 2.91. The Labute approximate surface area is 123 Å². The van der Waals surface area contributed by atoms with Crippen molar-refractivity contribution < 1.29 is 4.79 Å². The minimum atomic E-state index is -0.0620. The van der Waals surface area contributed by atoms with E-state index in [1.54, 1.807) is 28.7 Å². The lowest BCUT2D eigenvalue weighted by Crippen LogP contribution is -2.48. The zero-order valence-electron chi connectivity index (χ0n) is 12.4. The quantitative estimate of drug-likeness (QED) is 0.896. The van der Waals surface area contributed by atoms with E-state index in [0.29, 0.717) is 5.69 Å². The summed E-state index contributed by atoms with van der Waals surface area (Å²) < 4.78 is 3.39. The lowest BCUT2D eigenvalue weighted by atomic mass is 10.1. The van der Waals surface area contributed by atoms with Gasteiger partial charge in [-0.25, -0.2) is 0 Å². The lowest BCUT2D eigenvalue weighted by molar-refractivity contribution is 0.0923. The Morgan fingerprint density at radius 3 is 2.90 bits per heavy atom. The molecule has 1 N–H and O–H groups in total. The molecule has 0 aliphatic carbocycles. The summed E-state index contributed by atoms with van der Waals surface area (Å²) in [5.74, 6) is -0.0620. The molecule has 0 bridgehead atoms. The van der Waals surface area contributed by atoms with Crippen molar-refractivity contribution in [1.82, 2.24) is 24.9 Å². The second-order valence-electron chi connectivity index (χ2n) is 5.47. The summed E-state index contributed by atoms with van der Waals surface area (Å²) in [6, 6.07) is 1.89. The summed E-state index contributed by atoms with van der Waals surface area (Å²) in [5.41, 5.74) is 1.70. The first-order chi connectivity index (χ1) is 10.1. The van der Waals surface area contributed by atoms with Crippen molar-refractivity contribution in [3.8, 4) is 0 Å². The Morgan fingerprint density at radius 1 is 1.38 bits per heavy atom. The van der Waals surface area contributed by atoms with Crippen LogP contribution in [0.15, 0.2) is 24.7 Å². The van der Waals surface area contributed by atoms with Crippen LogP contribution in [-0.4, -0.2) is 44.6 Å². The molecule has 7 heteroatoms. The fraction of sp³-hybridized carbons (Fsp3) is 0.500. The highest BCUT2D eigenvalue weighted by molar-refractivity contribution is 5.92. The monoisotopic (exact) mass is 288 g/mol. The van der Waals surface area contributed by atoms with E-state index < -0.39 is 0 Å². The first kappa shape index (κ1) is 13.7. The number of rotatable bonds is 3. The standard InChI is InChI=1S/C14H20N6O/c1-18-10-12(8-16-18)20-7-3-4-11(9-20)17-14(21)13-5-6-15-19(13)2/h5-6,8,10-11H,3-4,7,9H2,1-2H3,(H,17,21)/t11-/m1/s1. The minimum Gasteiger partial charge on any atom is -0.367 e. The van der Waals surface area contributed by atoms with E-state index in [2.05, 4.69) is 20.4 Å². The van der Waals surface area contributed by atoms with Crippen molar-refractivity contribution in [2.45, 2.75) is 18.9 Å². The Morgan fingerprint density at radius 2 is 2.24 bits per heavy atom. The molecule has 1 atom stereocenters. The number of piperidine rings is 1. The third-order valence-corrected chi connectivity index (χ3v) is 3.87. The van der Waals surface area contributed by atoms with Crippen LogP contribution in [0.1, 0.15) is 23.3 Å². The molecule has 2 aromatic rings. The van der Waals surface area contributed by atoms with Crippen LogP contribution in [0, 0.1) is 0 Å². The molecule has 3 rings (SSSR count). The molecule has 0 saturated carbocycles. The van der Waals surface area contributed by atoms with Gasteiger partial charge in [-0.3, -0.25) is 14.2 Å². The van der Waals surface area contributed by atoms with Gasteiger partial charge in [0.15, 0.2) is 0 Å². The van der Waals surface area contributed by atoms with Gasteiger partial charge < -0.3 is 10.2 Å². The maximum Gasteiger partial charge on any atom is 0.269 e. The molecule has 2 aromatic heterocycles. The summed E-state index contributed by atoms with van der Waals surface area (Å²) >= 11 is 0. The normalized spacial score (nSPS) is 18.8. The Kier molecular flexibility index (Phi) is 3.64. The SMILES string of the molecule is Cn1cc(N2CCC[C@@H](NC(=O)c3ccnn3C)C2)cn1. The molecule has 7 nitrogen and oxygen atoms in total. The summed E-state index contributed by atoms with van der Waals surface area (Å²) in [5, 5.41) is 11.3. The van der Waals surface area contributed by atoms with Crippen LogP contribution < -0.4 is 10.2 Å². The molecule has 0 radical (unpaired) electrons. The van der Waals surface area contributed by atoms with Crippen molar-refractivity contribution in [3.05, 3.63) is 30.4 Å². The average Bonchev–Trinajstić information content (AvgIpc) is 3.08. The van der Waals surface area contributed by atoms with Gasteiger partial charge in [0.2, 0.25) is 0 Å². The highest BCUT2D eigenvalue weighted by Crippen LogP contribution is 2.19. The maximum atomic E-state index is 12.2. The molecule has 0 aromatic carbocycles. The van der Waals surface area contributed by atoms with Crippen molar-refractivity contribution >= 4 is 11.6 Å². The summed E-state index contributed by atoms with van der Waals surface area (Å²) in [6.45, 7) is 1.82. The van der Waals surface area contributed by atoms with Gasteiger partial charge in [0.05, 0.1) is 11.9 Å². The molecule has 0 spiro atoms. The predicted molar refractivity (Wildman–Crippen MR) is 79.1 cm³/mol. The molecule has 0 unspecified atom stereocenters. The fourth-order valence-corrected chi connectivity index (χ4v) is 2.76. The van der Waals surface area contributed by atoms with Crippen molar-refractivity contribution in [2.24, 2.45) is 14.1 Å². The van der Waals surface area contributed by atoms with E-state index in [4.69, 9.17) is 0 Å². The largest absolute Gasteiger partial charge is 0.367 e. The Bertz CT molecular complexity index is 631. The highest BCUT2D eigenvalue weighted by atomic mass is 16.2. The van der Waals surface area contributed by atoms with E-state index in [-0.39, 0.29) is 11.9 Å². The van der Waals surface area contributed by atoms with Gasteiger partial charge in [-0.05, 0) is 18.9 Å². The maximum absolute atomic E-state index is 12.2. The molecule has 1 amide bonds. The molecule has 21 heavy (non-hydrogen) atoms. The number of aromatic nitrogens is 4. The van der Waals surface area contributed by atoms with Crippen LogP contribution in [0.5, 0.6) is 0 Å². The van der Waals surface area contributed by atoms with Gasteiger partial charge in [-0.15, -0.1) is 0 Å². The zero-order valence-corrected chi connectivity index (χ0v) is 12.4. The number of anilines is 1. The number of nitrogens with one attached hydrogen (secondary N) is 1. The first-order valence-electron chi connectivity index (χ1n) is 7.16. The number of aryl methyl sites for hydroxylation is 2. The Hall–Kier alpha value is -2.31. The number of carbonyl (C=O) groups is 1. The summed E-state index contributed by atoms with van der Waals surface area (Å²) in [7, 11) is 3.69. The van der Waals surface area contributed by atoms with Crippen molar-refractivity contribution in [3.63, 3.8) is 0 Å². The third-order valence-electron chi connectivity index (χ3n) is 3.87. The van der Waals surface area contributed by atoms with Crippen LogP contribution in [0.3, 0.4) is 0 Å². The second-order valence-corrected chi connectivity index (χ2v) is 5.47. The van der Waals surface area contributed by atoms with Gasteiger partial charge in [-0.2, -0.15) is 10.2 Å². The first-order valence-corrected chi connectivity index (χ1v) is 7.16. The van der Waals surface area contributed by atoms with Crippen LogP contribution in [0.2, 0.25) is 0 Å². The number of hydrogen-bond acceptors (Lipinski definition) is 4. The molecule has 1 fully saturated rings. The molecule has 3 heterocycles. The molecule has 112 valence electrons. The molecule has 1 saturated heterocycles. The average molecular weight is 288 g/mol. The van der Waals surface area contributed by atoms with E-state index in [9.17, 15) is 4.79 Å². The molecular formula is C14H20N6O. The molecule has 1 aliphatic rings. The Balaban J connectivity index is 1.64. The van der Waals surface area contributed by atoms with Crippen LogP contribution in [-0.2, 0) is 14.1 Å². The number of carbonyl (C=O) groups excluding carboxylic acids is 1. The van der Waals surface area contributed by atoms with E-state index in [1.807, 2.05) is 19.4 Å². The topological polar surface area (TPSA) is 68.0 Å². The van der Waals surface area contributed by atoms with Gasteiger partial charge in [-0.1, -0.05) is 0 Å². The van der Waals surface area contributed by atoms with E-state index in [0.717, 1.165) is 31.6 Å². The number of amides is 1. The predicted octanol–water partition coefficient (Wildman–Crippen LogP) is 0.552. The fourth-order valence-electron chi connectivity index (χ4n) is 2.76. The van der Waals surface area contributed by atoms with Gasteiger partial charge >= 0.3 is 0 Å². The van der Waals surface area contributed by atoms with Crippen LogP contribution in [0.4, 0.5) is 5.69 Å². The number of hydrogen-bond donors (Lipinski definition) is 1. The van der Waals surface area contributed by atoms with Gasteiger partial charge in [0.25, 0.3) is 5.91 Å². The summed E-state index contributed by atoms with van der Waals surface area (Å²) in [4.78, 5) is 14.5. The van der Waals surface area contributed by atoms with Crippen LogP contribution in [0.25, 0.3) is 0 Å². The smallest absolute Gasteiger partial charge is 0.269 e. The van der Waals surface area contributed by atoms with Crippen molar-refractivity contribution in [1.29, 1.82) is 0 Å². The van der Waals surface area contributed by atoms with Crippen LogP contribution >= 0.6 is 0 Å². The van der Waals surface area contributed by atoms with E-state index in [1.165, 1.54) is 0 Å². The number of nitrogens with zero attached hydrogens (tertiary/aromatic N) is 5. The van der Waals surface area contributed by atoms with Gasteiger partial charge in [0, 0.05) is 45.6 Å². The van der Waals surface area contributed by atoms with Crippen molar-refractivity contribution in [2.75, 3.05) is 18.0 Å². The lowest BCUT2D eigenvalue weighted by Gasteiger charge is -2.33. The van der Waals surface area contributed by atoms with Gasteiger partial charge in [0.1, 0.15) is 5.69 Å². The van der Waals surface area contributed by atoms with E-state index >= 15 is 0 Å².